The van der Waals surface area contributed by atoms with Crippen LogP contribution in [0.3, 0.4) is 0 Å². The van der Waals surface area contributed by atoms with E-state index in [2.05, 4.69) is 4.90 Å². The van der Waals surface area contributed by atoms with Gasteiger partial charge in [0, 0.05) is 31.4 Å². The third kappa shape index (κ3) is 6.84. The molecule has 3 aromatic rings. The van der Waals surface area contributed by atoms with Crippen molar-refractivity contribution in [2.24, 2.45) is 0 Å². The van der Waals surface area contributed by atoms with Crippen LogP contribution in [0.15, 0.2) is 54.6 Å². The van der Waals surface area contributed by atoms with Crippen molar-refractivity contribution in [3.8, 4) is 17.2 Å². The number of hydrogen-bond acceptors (Lipinski definition) is 6. The molecule has 1 unspecified atom stereocenters. The molecule has 1 fully saturated rings. The van der Waals surface area contributed by atoms with Gasteiger partial charge >= 0.3 is 0 Å². The number of piperidine rings is 1. The van der Waals surface area contributed by atoms with E-state index in [9.17, 15) is 19.7 Å². The molecule has 1 aliphatic carbocycles. The van der Waals surface area contributed by atoms with Crippen molar-refractivity contribution in [3.05, 3.63) is 82.7 Å². The Morgan fingerprint density at radius 3 is 2.51 bits per heavy atom. The summed E-state index contributed by atoms with van der Waals surface area (Å²) in [5.41, 5.74) is 5.10. The topological polar surface area (TPSA) is 76.4 Å². The van der Waals surface area contributed by atoms with E-state index >= 15 is 0 Å². The van der Waals surface area contributed by atoms with Crippen LogP contribution < -0.4 is 9.64 Å². The van der Waals surface area contributed by atoms with Crippen LogP contribution in [0.1, 0.15) is 53.9 Å². The number of aromatic hydroxyl groups is 2. The molecule has 6 nitrogen and oxygen atoms in total. The summed E-state index contributed by atoms with van der Waals surface area (Å²) in [6, 6.07) is 16.0. The van der Waals surface area contributed by atoms with Gasteiger partial charge in [-0.1, -0.05) is 24.6 Å². The molecule has 0 saturated carbocycles. The highest BCUT2D eigenvalue weighted by Gasteiger charge is 2.25. The summed E-state index contributed by atoms with van der Waals surface area (Å²) in [5, 5.41) is 30.1. The standard InChI is InChI=1S/C32H39FN2O4/c33-30-18-23(4-11-32(30)39-17-15-34-12-2-1-3-13-34)22-35(14-16-36)31-21-28(38)9-10-29(31)26-6-5-25-20-27(37)8-7-24(25)19-26/h4,7-11,18,20-21,26,36-38H,1-3,5-6,12-17,19,22H2. The first-order valence-electron chi connectivity index (χ1n) is 14.1. The molecule has 5 rings (SSSR count). The maximum atomic E-state index is 15.0. The highest BCUT2D eigenvalue weighted by atomic mass is 19.1. The molecular formula is C32H39FN2O4. The van der Waals surface area contributed by atoms with Crippen LogP contribution in [-0.2, 0) is 19.4 Å². The lowest BCUT2D eigenvalue weighted by Crippen LogP contribution is -2.33. The summed E-state index contributed by atoms with van der Waals surface area (Å²) in [4.78, 5) is 4.37. The average Bonchev–Trinajstić information content (AvgIpc) is 2.94. The van der Waals surface area contributed by atoms with Gasteiger partial charge in [-0.25, -0.2) is 4.39 Å². The van der Waals surface area contributed by atoms with Gasteiger partial charge in [0.25, 0.3) is 0 Å². The van der Waals surface area contributed by atoms with Crippen LogP contribution in [-0.4, -0.2) is 59.6 Å². The maximum absolute atomic E-state index is 15.0. The third-order valence-corrected chi connectivity index (χ3v) is 8.07. The van der Waals surface area contributed by atoms with E-state index in [1.165, 1.54) is 36.5 Å². The van der Waals surface area contributed by atoms with Crippen molar-refractivity contribution in [1.29, 1.82) is 0 Å². The number of benzene rings is 3. The largest absolute Gasteiger partial charge is 0.508 e. The number of aliphatic hydroxyl groups is 1. The Bertz CT molecular complexity index is 1260. The first-order chi connectivity index (χ1) is 19.0. The van der Waals surface area contributed by atoms with Crippen molar-refractivity contribution in [3.63, 3.8) is 0 Å². The molecule has 0 aromatic heterocycles. The van der Waals surface area contributed by atoms with Crippen molar-refractivity contribution >= 4 is 5.69 Å². The molecule has 1 atom stereocenters. The Morgan fingerprint density at radius 1 is 0.923 bits per heavy atom. The number of fused-ring (bicyclic) bond motifs is 1. The minimum Gasteiger partial charge on any atom is -0.508 e. The number of aliphatic hydroxyl groups excluding tert-OH is 1. The van der Waals surface area contributed by atoms with Gasteiger partial charge in [0.15, 0.2) is 11.6 Å². The van der Waals surface area contributed by atoms with Gasteiger partial charge in [-0.15, -0.1) is 0 Å². The number of nitrogens with zero attached hydrogens (tertiary/aromatic N) is 2. The number of halogens is 1. The molecule has 1 heterocycles. The zero-order valence-corrected chi connectivity index (χ0v) is 22.5. The summed E-state index contributed by atoms with van der Waals surface area (Å²) in [6.45, 7) is 4.10. The van der Waals surface area contributed by atoms with Crippen LogP contribution in [0, 0.1) is 5.82 Å². The number of hydrogen-bond donors (Lipinski definition) is 3. The molecule has 0 spiro atoms. The lowest BCUT2D eigenvalue weighted by Gasteiger charge is -2.32. The number of aryl methyl sites for hydroxylation is 1. The Kier molecular flexibility index (Phi) is 8.89. The van der Waals surface area contributed by atoms with Gasteiger partial charge in [0.05, 0.1) is 6.61 Å². The molecule has 0 bridgehead atoms. The summed E-state index contributed by atoms with van der Waals surface area (Å²) < 4.78 is 20.8. The average molecular weight is 535 g/mol. The lowest BCUT2D eigenvalue weighted by atomic mass is 9.79. The van der Waals surface area contributed by atoms with E-state index in [0.717, 1.165) is 55.7 Å². The fourth-order valence-corrected chi connectivity index (χ4v) is 6.01. The minimum atomic E-state index is -0.390. The number of ether oxygens (including phenoxy) is 1. The minimum absolute atomic E-state index is 0.0674. The fourth-order valence-electron chi connectivity index (χ4n) is 6.01. The molecule has 2 aliphatic rings. The second kappa shape index (κ2) is 12.7. The normalized spacial score (nSPS) is 17.5. The Labute approximate surface area is 230 Å². The number of rotatable bonds is 10. The highest BCUT2D eigenvalue weighted by Crippen LogP contribution is 2.40. The smallest absolute Gasteiger partial charge is 0.165 e. The Hall–Kier alpha value is -3.29. The summed E-state index contributed by atoms with van der Waals surface area (Å²) >= 11 is 0. The number of likely N-dealkylation sites (tertiary alicyclic amines) is 1. The SMILES string of the molecule is OCCN(Cc1ccc(OCCN2CCCCC2)c(F)c1)c1cc(O)ccc1C1CCc2cc(O)ccc2C1. The number of anilines is 1. The van der Waals surface area contributed by atoms with Crippen molar-refractivity contribution < 1.29 is 24.4 Å². The van der Waals surface area contributed by atoms with Crippen molar-refractivity contribution in [1.82, 2.24) is 4.90 Å². The molecule has 208 valence electrons. The molecule has 7 heteroatoms. The molecule has 39 heavy (non-hydrogen) atoms. The van der Waals surface area contributed by atoms with E-state index in [0.29, 0.717) is 19.7 Å². The van der Waals surface area contributed by atoms with Crippen molar-refractivity contribution in [2.45, 2.75) is 51.0 Å². The van der Waals surface area contributed by atoms with Crippen molar-refractivity contribution in [2.75, 3.05) is 44.3 Å². The molecule has 0 radical (unpaired) electrons. The maximum Gasteiger partial charge on any atom is 0.165 e. The first kappa shape index (κ1) is 27.3. The second-order valence-electron chi connectivity index (χ2n) is 10.8. The van der Waals surface area contributed by atoms with Gasteiger partial charge in [0.2, 0.25) is 0 Å². The quantitative estimate of drug-likeness (QED) is 0.325. The van der Waals surface area contributed by atoms with Gasteiger partial charge < -0.3 is 25.0 Å². The highest BCUT2D eigenvalue weighted by molar-refractivity contribution is 5.59. The van der Waals surface area contributed by atoms with Crippen LogP contribution in [0.25, 0.3) is 0 Å². The van der Waals surface area contributed by atoms with Gasteiger partial charge in [-0.05, 0) is 104 Å². The number of phenolic OH excluding ortho intramolecular Hbond substituents is 2. The lowest BCUT2D eigenvalue weighted by molar-refractivity contribution is 0.180. The van der Waals surface area contributed by atoms with Crippen LogP contribution >= 0.6 is 0 Å². The van der Waals surface area contributed by atoms with Crippen LogP contribution in [0.2, 0.25) is 0 Å². The van der Waals surface area contributed by atoms with Crippen LogP contribution in [0.5, 0.6) is 17.2 Å². The molecule has 3 N–H and O–H groups in total. The molecular weight excluding hydrogens is 495 g/mol. The molecule has 1 aliphatic heterocycles. The first-order valence-corrected chi connectivity index (χ1v) is 14.1. The van der Waals surface area contributed by atoms with E-state index < -0.39 is 5.82 Å². The fraction of sp³-hybridized carbons (Fsp3) is 0.438. The molecule has 3 aromatic carbocycles. The van der Waals surface area contributed by atoms with E-state index in [-0.39, 0.29) is 29.8 Å². The Balaban J connectivity index is 1.30. The van der Waals surface area contributed by atoms with E-state index in [4.69, 9.17) is 4.74 Å². The monoisotopic (exact) mass is 534 g/mol. The zero-order valence-electron chi connectivity index (χ0n) is 22.5. The second-order valence-corrected chi connectivity index (χ2v) is 10.8. The van der Waals surface area contributed by atoms with E-state index in [1.807, 2.05) is 29.2 Å². The zero-order chi connectivity index (χ0) is 27.2. The van der Waals surface area contributed by atoms with Gasteiger partial charge in [-0.3, -0.25) is 4.90 Å². The van der Waals surface area contributed by atoms with Crippen LogP contribution in [0.4, 0.5) is 10.1 Å². The predicted molar refractivity (Wildman–Crippen MR) is 151 cm³/mol. The summed E-state index contributed by atoms with van der Waals surface area (Å²) in [5.74, 6) is 0.540. The van der Waals surface area contributed by atoms with E-state index in [1.54, 1.807) is 24.3 Å². The summed E-state index contributed by atoms with van der Waals surface area (Å²) in [6.07, 6.45) is 6.32. The predicted octanol–water partition coefficient (Wildman–Crippen LogP) is 5.37. The van der Waals surface area contributed by atoms with Gasteiger partial charge in [-0.2, -0.15) is 0 Å². The third-order valence-electron chi connectivity index (χ3n) is 8.07. The Morgan fingerprint density at radius 2 is 1.72 bits per heavy atom. The molecule has 0 amide bonds. The summed E-state index contributed by atoms with van der Waals surface area (Å²) in [7, 11) is 0. The van der Waals surface area contributed by atoms with Gasteiger partial charge in [0.1, 0.15) is 18.1 Å². The number of phenols is 2. The molecule has 1 saturated heterocycles.